The van der Waals surface area contributed by atoms with Crippen LogP contribution in [0.4, 0.5) is 0 Å². The normalized spacial score (nSPS) is 11.7. The number of benzene rings is 3. The zero-order valence-corrected chi connectivity index (χ0v) is 21.4. The predicted molar refractivity (Wildman–Crippen MR) is 149 cm³/mol. The molecule has 0 aliphatic rings. The van der Waals surface area contributed by atoms with Gasteiger partial charge in [-0.05, 0) is 36.4 Å². The number of aromatic amines is 1. The number of nitrogens with zero attached hydrogens (tertiary/aromatic N) is 3. The second kappa shape index (κ2) is 9.48. The van der Waals surface area contributed by atoms with E-state index in [4.69, 9.17) is 21.6 Å². The second-order valence-corrected chi connectivity index (χ2v) is 11.1. The van der Waals surface area contributed by atoms with E-state index in [2.05, 4.69) is 9.97 Å². The number of hydrogen-bond acceptors (Lipinski definition) is 6. The molecule has 0 aliphatic carbocycles. The van der Waals surface area contributed by atoms with Crippen LogP contribution in [0.2, 0.25) is 5.02 Å². The minimum Gasteiger partial charge on any atom is -0.305 e. The lowest BCUT2D eigenvalue weighted by Gasteiger charge is -2.12. The standard InChI is InChI=1S/C29H19ClN4O3S/c30-23-15-20(14-19-10-7-13-31-25(19)23)27-26(18-8-3-1-4-9-18)33-28-24(32-27)16-21(29(35)34-28)17-38(36,37)22-11-5-2-6-12-22/h1-16H,17H2,(H,33,34,35). The summed E-state index contributed by atoms with van der Waals surface area (Å²) in [4.78, 5) is 29.8. The van der Waals surface area contributed by atoms with Crippen LogP contribution in [0.15, 0.2) is 107 Å². The molecule has 0 aliphatic heterocycles. The largest absolute Gasteiger partial charge is 0.305 e. The van der Waals surface area contributed by atoms with Crippen LogP contribution in [0.5, 0.6) is 0 Å². The maximum atomic E-state index is 13.0. The zero-order chi connectivity index (χ0) is 26.3. The van der Waals surface area contributed by atoms with E-state index in [-0.39, 0.29) is 16.1 Å². The SMILES string of the molecule is O=c1[nH]c2nc(-c3ccccc3)c(-c3cc(Cl)c4ncccc4c3)nc2cc1CS(=O)(=O)c1ccccc1. The molecule has 0 spiro atoms. The molecule has 7 nitrogen and oxygen atoms in total. The highest BCUT2D eigenvalue weighted by atomic mass is 35.5. The number of H-pyrrole nitrogens is 1. The molecule has 0 amide bonds. The fourth-order valence-electron chi connectivity index (χ4n) is 4.37. The summed E-state index contributed by atoms with van der Waals surface area (Å²) < 4.78 is 25.9. The van der Waals surface area contributed by atoms with E-state index in [0.29, 0.717) is 33.0 Å². The molecule has 0 atom stereocenters. The van der Waals surface area contributed by atoms with Gasteiger partial charge < -0.3 is 4.98 Å². The van der Waals surface area contributed by atoms with Gasteiger partial charge in [-0.15, -0.1) is 0 Å². The third kappa shape index (κ3) is 4.44. The van der Waals surface area contributed by atoms with Gasteiger partial charge in [0.2, 0.25) is 0 Å². The van der Waals surface area contributed by atoms with Gasteiger partial charge in [-0.2, -0.15) is 0 Å². The van der Waals surface area contributed by atoms with E-state index in [1.165, 1.54) is 18.2 Å². The Labute approximate surface area is 222 Å². The highest BCUT2D eigenvalue weighted by Gasteiger charge is 2.20. The van der Waals surface area contributed by atoms with Gasteiger partial charge in [0, 0.05) is 28.3 Å². The summed E-state index contributed by atoms with van der Waals surface area (Å²) in [5.41, 5.74) is 3.45. The first-order chi connectivity index (χ1) is 18.4. The maximum absolute atomic E-state index is 13.0. The average Bonchev–Trinajstić information content (AvgIpc) is 2.94. The van der Waals surface area contributed by atoms with E-state index in [1.807, 2.05) is 48.5 Å². The number of hydrogen-bond donors (Lipinski definition) is 1. The van der Waals surface area contributed by atoms with Gasteiger partial charge in [-0.1, -0.05) is 66.2 Å². The quantitative estimate of drug-likeness (QED) is 0.296. The van der Waals surface area contributed by atoms with Crippen LogP contribution in [0.1, 0.15) is 5.56 Å². The summed E-state index contributed by atoms with van der Waals surface area (Å²) in [5, 5.41) is 1.31. The van der Waals surface area contributed by atoms with Gasteiger partial charge in [0.25, 0.3) is 5.56 Å². The molecule has 38 heavy (non-hydrogen) atoms. The van der Waals surface area contributed by atoms with Crippen LogP contribution in [0.3, 0.4) is 0 Å². The Morgan fingerprint density at radius 1 is 0.789 bits per heavy atom. The molecule has 0 radical (unpaired) electrons. The van der Waals surface area contributed by atoms with E-state index in [0.717, 1.165) is 10.9 Å². The van der Waals surface area contributed by atoms with Crippen molar-refractivity contribution in [3.63, 3.8) is 0 Å². The average molecular weight is 539 g/mol. The van der Waals surface area contributed by atoms with Crippen molar-refractivity contribution in [1.82, 2.24) is 19.9 Å². The summed E-state index contributed by atoms with van der Waals surface area (Å²) in [6.45, 7) is 0. The lowest BCUT2D eigenvalue weighted by molar-refractivity contribution is 0.595. The second-order valence-electron chi connectivity index (χ2n) is 8.75. The van der Waals surface area contributed by atoms with Gasteiger partial charge in [0.15, 0.2) is 15.5 Å². The number of rotatable bonds is 5. The van der Waals surface area contributed by atoms with Crippen molar-refractivity contribution < 1.29 is 8.42 Å². The van der Waals surface area contributed by atoms with E-state index in [1.54, 1.807) is 30.5 Å². The Morgan fingerprint density at radius 3 is 2.26 bits per heavy atom. The van der Waals surface area contributed by atoms with Crippen molar-refractivity contribution in [2.24, 2.45) is 0 Å². The lowest BCUT2D eigenvalue weighted by Crippen LogP contribution is -2.17. The van der Waals surface area contributed by atoms with Crippen molar-refractivity contribution >= 4 is 43.5 Å². The molecule has 3 aromatic carbocycles. The van der Waals surface area contributed by atoms with Gasteiger partial charge in [0.05, 0.1) is 32.6 Å². The van der Waals surface area contributed by atoms with Gasteiger partial charge in [-0.3, -0.25) is 9.78 Å². The molecule has 9 heteroatoms. The smallest absolute Gasteiger partial charge is 0.253 e. The Hall–Kier alpha value is -4.40. The minimum atomic E-state index is -3.74. The first kappa shape index (κ1) is 24.0. The topological polar surface area (TPSA) is 106 Å². The summed E-state index contributed by atoms with van der Waals surface area (Å²) in [5.74, 6) is -0.465. The van der Waals surface area contributed by atoms with E-state index in [9.17, 15) is 13.2 Å². The molecular formula is C29H19ClN4O3S. The third-order valence-corrected chi connectivity index (χ3v) is 8.15. The van der Waals surface area contributed by atoms with Gasteiger partial charge >= 0.3 is 0 Å². The van der Waals surface area contributed by atoms with Crippen LogP contribution < -0.4 is 5.56 Å². The molecule has 0 saturated heterocycles. The van der Waals surface area contributed by atoms with Crippen LogP contribution in [0.25, 0.3) is 44.6 Å². The highest BCUT2D eigenvalue weighted by Crippen LogP contribution is 2.34. The van der Waals surface area contributed by atoms with Crippen molar-refractivity contribution in [1.29, 1.82) is 0 Å². The molecular weight excluding hydrogens is 520 g/mol. The van der Waals surface area contributed by atoms with Crippen molar-refractivity contribution in [2.45, 2.75) is 10.6 Å². The number of halogens is 1. The van der Waals surface area contributed by atoms with Gasteiger partial charge in [0.1, 0.15) is 5.52 Å². The minimum absolute atomic E-state index is 0.0785. The fourth-order valence-corrected chi connectivity index (χ4v) is 6.00. The summed E-state index contributed by atoms with van der Waals surface area (Å²) >= 11 is 6.58. The number of nitrogens with one attached hydrogen (secondary N) is 1. The molecule has 6 aromatic rings. The number of pyridine rings is 2. The molecule has 6 rings (SSSR count). The lowest BCUT2D eigenvalue weighted by atomic mass is 10.0. The Kier molecular flexibility index (Phi) is 5.98. The molecule has 0 fully saturated rings. The predicted octanol–water partition coefficient (Wildman–Crippen LogP) is 5.83. The number of aromatic nitrogens is 4. The number of sulfone groups is 1. The summed E-state index contributed by atoms with van der Waals surface area (Å²) in [6, 6.07) is 26.5. The third-order valence-electron chi connectivity index (χ3n) is 6.18. The first-order valence-electron chi connectivity index (χ1n) is 11.7. The molecule has 0 unspecified atom stereocenters. The molecule has 3 aromatic heterocycles. The first-order valence-corrected chi connectivity index (χ1v) is 13.7. The molecule has 0 saturated carbocycles. The van der Waals surface area contributed by atoms with Crippen LogP contribution in [-0.4, -0.2) is 28.4 Å². The van der Waals surface area contributed by atoms with E-state index >= 15 is 0 Å². The van der Waals surface area contributed by atoms with Gasteiger partial charge in [-0.25, -0.2) is 18.4 Å². The van der Waals surface area contributed by atoms with Crippen LogP contribution in [0, 0.1) is 0 Å². The van der Waals surface area contributed by atoms with Crippen molar-refractivity contribution in [3.05, 3.63) is 118 Å². The Balaban J connectivity index is 1.56. The zero-order valence-electron chi connectivity index (χ0n) is 19.8. The highest BCUT2D eigenvalue weighted by molar-refractivity contribution is 7.90. The molecule has 186 valence electrons. The summed E-state index contributed by atoms with van der Waals surface area (Å²) in [6.07, 6.45) is 1.68. The fraction of sp³-hybridized carbons (Fsp3) is 0.0345. The van der Waals surface area contributed by atoms with Crippen LogP contribution >= 0.6 is 11.6 Å². The maximum Gasteiger partial charge on any atom is 0.253 e. The molecule has 3 heterocycles. The Morgan fingerprint density at radius 2 is 1.50 bits per heavy atom. The van der Waals surface area contributed by atoms with E-state index < -0.39 is 21.1 Å². The molecule has 1 N–H and O–H groups in total. The monoisotopic (exact) mass is 538 g/mol. The Bertz CT molecular complexity index is 1990. The van der Waals surface area contributed by atoms with Crippen LogP contribution in [-0.2, 0) is 15.6 Å². The number of fused-ring (bicyclic) bond motifs is 2. The summed E-state index contributed by atoms with van der Waals surface area (Å²) in [7, 11) is -3.74. The molecule has 0 bridgehead atoms. The van der Waals surface area contributed by atoms with Crippen molar-refractivity contribution in [2.75, 3.05) is 0 Å². The van der Waals surface area contributed by atoms with Crippen molar-refractivity contribution in [3.8, 4) is 22.5 Å².